The maximum absolute atomic E-state index is 13.2. The lowest BCUT2D eigenvalue weighted by molar-refractivity contribution is -0.127. The summed E-state index contributed by atoms with van der Waals surface area (Å²) >= 11 is 3.22. The second-order valence-corrected chi connectivity index (χ2v) is 7.39. The van der Waals surface area contributed by atoms with Crippen LogP contribution in [0.1, 0.15) is 19.4 Å². The highest BCUT2D eigenvalue weighted by atomic mass is 79.9. The molecule has 0 saturated carbocycles. The molecule has 6 nitrogen and oxygen atoms in total. The molecule has 0 saturated heterocycles. The molecule has 31 heavy (non-hydrogen) atoms. The predicted octanol–water partition coefficient (Wildman–Crippen LogP) is 5.26. The van der Waals surface area contributed by atoms with Crippen LogP contribution in [0.25, 0.3) is 0 Å². The molecule has 0 spiro atoms. The van der Waals surface area contributed by atoms with Crippen LogP contribution < -0.4 is 19.5 Å². The van der Waals surface area contributed by atoms with Crippen LogP contribution in [0.15, 0.2) is 65.3 Å². The summed E-state index contributed by atoms with van der Waals surface area (Å²) in [6, 6.07) is 14.9. The third-order valence-electron chi connectivity index (χ3n) is 4.19. The normalized spacial score (nSPS) is 11.5. The molecular weight excluding hydrogens is 467 g/mol. The first-order valence-electron chi connectivity index (χ1n) is 9.70. The van der Waals surface area contributed by atoms with Crippen molar-refractivity contribution in [2.24, 2.45) is 0 Å². The molecule has 1 unspecified atom stereocenters. The van der Waals surface area contributed by atoms with E-state index in [9.17, 15) is 9.18 Å². The first-order chi connectivity index (χ1) is 15.0. The number of rotatable bonds is 9. The second kappa shape index (κ2) is 10.8. The summed E-state index contributed by atoms with van der Waals surface area (Å²) in [5, 5.41) is 2.79. The smallest absolute Gasteiger partial charge is 0.261 e. The summed E-state index contributed by atoms with van der Waals surface area (Å²) in [4.78, 5) is 16.6. The predicted molar refractivity (Wildman–Crippen MR) is 118 cm³/mol. The highest BCUT2D eigenvalue weighted by Crippen LogP contribution is 2.30. The number of pyridine rings is 1. The Bertz CT molecular complexity index is 1030. The van der Waals surface area contributed by atoms with Crippen molar-refractivity contribution in [1.29, 1.82) is 0 Å². The van der Waals surface area contributed by atoms with Crippen molar-refractivity contribution in [3.8, 4) is 23.1 Å². The Morgan fingerprint density at radius 3 is 2.58 bits per heavy atom. The number of nitrogens with one attached hydrogen (secondary N) is 1. The number of hydrogen-bond donors (Lipinski definition) is 1. The second-order valence-electron chi connectivity index (χ2n) is 6.54. The molecule has 1 N–H and O–H groups in total. The van der Waals surface area contributed by atoms with Gasteiger partial charge in [0.25, 0.3) is 5.91 Å². The summed E-state index contributed by atoms with van der Waals surface area (Å²) in [7, 11) is 0. The van der Waals surface area contributed by atoms with Crippen molar-refractivity contribution < 1.29 is 23.4 Å². The van der Waals surface area contributed by atoms with E-state index < -0.39 is 11.9 Å². The summed E-state index contributed by atoms with van der Waals surface area (Å²) in [5.41, 5.74) is 0.800. The largest absolute Gasteiger partial charge is 0.490 e. The number of nitrogens with zero attached hydrogens (tertiary/aromatic N) is 1. The van der Waals surface area contributed by atoms with Crippen LogP contribution in [0.2, 0.25) is 0 Å². The number of carbonyl (C=O) groups is 1. The van der Waals surface area contributed by atoms with Crippen molar-refractivity contribution in [3.05, 3.63) is 76.6 Å². The van der Waals surface area contributed by atoms with Crippen LogP contribution in [0.4, 0.5) is 4.39 Å². The molecule has 162 valence electrons. The number of benzene rings is 2. The van der Waals surface area contributed by atoms with Gasteiger partial charge >= 0.3 is 0 Å². The number of ether oxygens (including phenoxy) is 3. The van der Waals surface area contributed by atoms with Crippen LogP contribution in [-0.4, -0.2) is 23.6 Å². The molecule has 3 aromatic rings. The van der Waals surface area contributed by atoms with Gasteiger partial charge in [0.15, 0.2) is 17.6 Å². The third-order valence-corrected chi connectivity index (χ3v) is 4.81. The highest BCUT2D eigenvalue weighted by molar-refractivity contribution is 9.10. The van der Waals surface area contributed by atoms with E-state index >= 15 is 0 Å². The van der Waals surface area contributed by atoms with E-state index in [-0.39, 0.29) is 12.5 Å². The zero-order chi connectivity index (χ0) is 22.2. The van der Waals surface area contributed by atoms with Gasteiger partial charge in [-0.25, -0.2) is 9.37 Å². The zero-order valence-electron chi connectivity index (χ0n) is 17.1. The van der Waals surface area contributed by atoms with Crippen LogP contribution in [-0.2, 0) is 11.3 Å². The SMILES string of the molecule is CCOc1ccccc1Oc1ccc(CNC(=O)C(C)Oc2ccc(F)cc2Br)cn1. The van der Waals surface area contributed by atoms with Gasteiger partial charge < -0.3 is 19.5 Å². The van der Waals surface area contributed by atoms with Gasteiger partial charge in [0, 0.05) is 18.8 Å². The van der Waals surface area contributed by atoms with Crippen molar-refractivity contribution in [2.45, 2.75) is 26.5 Å². The fourth-order valence-electron chi connectivity index (χ4n) is 2.65. The molecule has 3 rings (SSSR count). The molecule has 1 atom stereocenters. The van der Waals surface area contributed by atoms with Crippen molar-refractivity contribution >= 4 is 21.8 Å². The summed E-state index contributed by atoms with van der Waals surface area (Å²) in [6.07, 6.45) is 0.869. The minimum atomic E-state index is -0.757. The number of aromatic nitrogens is 1. The molecule has 2 aromatic carbocycles. The molecule has 1 aromatic heterocycles. The maximum atomic E-state index is 13.2. The van der Waals surface area contributed by atoms with Gasteiger partial charge in [0.2, 0.25) is 5.88 Å². The van der Waals surface area contributed by atoms with Crippen molar-refractivity contribution in [2.75, 3.05) is 6.61 Å². The molecular formula is C23H22BrFN2O4. The van der Waals surface area contributed by atoms with Crippen LogP contribution in [0.5, 0.6) is 23.1 Å². The van der Waals surface area contributed by atoms with Crippen molar-refractivity contribution in [3.63, 3.8) is 0 Å². The number of para-hydroxylation sites is 2. The molecule has 0 fully saturated rings. The zero-order valence-corrected chi connectivity index (χ0v) is 18.7. The van der Waals surface area contributed by atoms with Gasteiger partial charge in [-0.05, 0) is 65.7 Å². The Hall–Kier alpha value is -3.13. The summed E-state index contributed by atoms with van der Waals surface area (Å²) in [6.45, 7) is 4.34. The maximum Gasteiger partial charge on any atom is 0.261 e. The number of carbonyl (C=O) groups excluding carboxylic acids is 1. The average Bonchev–Trinajstić information content (AvgIpc) is 2.76. The van der Waals surface area contributed by atoms with E-state index in [1.165, 1.54) is 18.2 Å². The molecule has 0 aliphatic carbocycles. The summed E-state index contributed by atoms with van der Waals surface area (Å²) < 4.78 is 30.5. The van der Waals surface area contributed by atoms with Gasteiger partial charge in [-0.3, -0.25) is 4.79 Å². The standard InChI is InChI=1S/C23H22BrFN2O4/c1-3-29-20-6-4-5-7-21(20)31-22-11-8-16(13-26-22)14-27-23(28)15(2)30-19-10-9-17(25)12-18(19)24/h4-13,15H,3,14H2,1-2H3,(H,27,28). The number of halogens is 2. The topological polar surface area (TPSA) is 69.7 Å². The van der Waals surface area contributed by atoms with Crippen LogP contribution in [0.3, 0.4) is 0 Å². The van der Waals surface area contributed by atoms with Gasteiger partial charge in [0.05, 0.1) is 11.1 Å². The highest BCUT2D eigenvalue weighted by Gasteiger charge is 2.16. The lowest BCUT2D eigenvalue weighted by Gasteiger charge is -2.16. The molecule has 0 aliphatic rings. The third kappa shape index (κ3) is 6.42. The lowest BCUT2D eigenvalue weighted by Crippen LogP contribution is -2.36. The minimum absolute atomic E-state index is 0.278. The van der Waals surface area contributed by atoms with Gasteiger partial charge in [-0.2, -0.15) is 0 Å². The van der Waals surface area contributed by atoms with E-state index in [0.29, 0.717) is 34.2 Å². The van der Waals surface area contributed by atoms with E-state index in [0.717, 1.165) is 5.56 Å². The molecule has 1 amide bonds. The van der Waals surface area contributed by atoms with Crippen molar-refractivity contribution in [1.82, 2.24) is 10.3 Å². The molecule has 0 radical (unpaired) electrons. The fraction of sp³-hybridized carbons (Fsp3) is 0.217. The van der Waals surface area contributed by atoms with E-state index in [1.807, 2.05) is 37.3 Å². The van der Waals surface area contributed by atoms with E-state index in [4.69, 9.17) is 14.2 Å². The Balaban J connectivity index is 1.53. The molecule has 1 heterocycles. The van der Waals surface area contributed by atoms with Gasteiger partial charge in [-0.1, -0.05) is 18.2 Å². The lowest BCUT2D eigenvalue weighted by atomic mass is 10.2. The molecule has 8 heteroatoms. The quantitative estimate of drug-likeness (QED) is 0.444. The number of hydrogen-bond acceptors (Lipinski definition) is 5. The van der Waals surface area contributed by atoms with E-state index in [1.54, 1.807) is 19.2 Å². The molecule has 0 aliphatic heterocycles. The fourth-order valence-corrected chi connectivity index (χ4v) is 3.09. The number of amides is 1. The van der Waals surface area contributed by atoms with Crippen LogP contribution >= 0.6 is 15.9 Å². The minimum Gasteiger partial charge on any atom is -0.490 e. The Labute approximate surface area is 188 Å². The summed E-state index contributed by atoms with van der Waals surface area (Å²) in [5.74, 6) is 1.33. The molecule has 0 bridgehead atoms. The van der Waals surface area contributed by atoms with Crippen LogP contribution in [0, 0.1) is 5.82 Å². The van der Waals surface area contributed by atoms with E-state index in [2.05, 4.69) is 26.2 Å². The Morgan fingerprint density at radius 1 is 1.13 bits per heavy atom. The van der Waals surface area contributed by atoms with Gasteiger partial charge in [-0.15, -0.1) is 0 Å². The first kappa shape index (κ1) is 22.6. The Morgan fingerprint density at radius 2 is 1.90 bits per heavy atom. The monoisotopic (exact) mass is 488 g/mol. The Kier molecular flexibility index (Phi) is 7.83. The first-order valence-corrected chi connectivity index (χ1v) is 10.5. The van der Waals surface area contributed by atoms with Gasteiger partial charge in [0.1, 0.15) is 11.6 Å². The average molecular weight is 489 g/mol.